The van der Waals surface area contributed by atoms with Crippen LogP contribution in [0.25, 0.3) is 0 Å². The lowest BCUT2D eigenvalue weighted by atomic mass is 9.88. The number of hydrogen-bond donors (Lipinski definition) is 0. The highest BCUT2D eigenvalue weighted by Crippen LogP contribution is 2.36. The van der Waals surface area contributed by atoms with E-state index in [9.17, 15) is 9.18 Å². The van der Waals surface area contributed by atoms with Gasteiger partial charge in [0.25, 0.3) is 0 Å². The number of amides is 1. The van der Waals surface area contributed by atoms with E-state index in [1.165, 1.54) is 11.6 Å². The van der Waals surface area contributed by atoms with E-state index in [-0.39, 0.29) is 23.6 Å². The molecule has 0 N–H and O–H groups in total. The van der Waals surface area contributed by atoms with Crippen molar-refractivity contribution < 1.29 is 13.9 Å². The van der Waals surface area contributed by atoms with Crippen molar-refractivity contribution in [3.05, 3.63) is 65.5 Å². The number of nitrogens with zero attached hydrogens (tertiary/aromatic N) is 2. The van der Waals surface area contributed by atoms with Gasteiger partial charge in [-0.1, -0.05) is 52.0 Å². The number of benzene rings is 2. The molecule has 0 saturated carbocycles. The first-order valence-electron chi connectivity index (χ1n) is 11.7. The van der Waals surface area contributed by atoms with Crippen molar-refractivity contribution in [1.82, 2.24) is 9.80 Å². The van der Waals surface area contributed by atoms with Crippen LogP contribution in [-0.4, -0.2) is 49.0 Å². The van der Waals surface area contributed by atoms with E-state index in [2.05, 4.69) is 35.8 Å². The Bertz CT molecular complexity index is 899. The maximum absolute atomic E-state index is 13.7. The summed E-state index contributed by atoms with van der Waals surface area (Å²) >= 11 is 0. The molecule has 1 fully saturated rings. The summed E-state index contributed by atoms with van der Waals surface area (Å²) in [5.41, 5.74) is 2.21. The Morgan fingerprint density at radius 1 is 1.12 bits per heavy atom. The van der Waals surface area contributed by atoms with Gasteiger partial charge >= 0.3 is 0 Å². The highest BCUT2D eigenvalue weighted by Gasteiger charge is 2.36. The SMILES string of the molecule is COc1cccc([C@@H]2CN(Cc3cccc(F)c3)C[C@@H]2CN(CC(C)C)C(=O)C(C)C)c1. The first-order valence-corrected chi connectivity index (χ1v) is 11.7. The van der Waals surface area contributed by atoms with Gasteiger partial charge in [0.15, 0.2) is 0 Å². The molecule has 1 heterocycles. The second-order valence-electron chi connectivity index (χ2n) is 9.76. The zero-order valence-corrected chi connectivity index (χ0v) is 20.1. The summed E-state index contributed by atoms with van der Waals surface area (Å²) in [6, 6.07) is 15.1. The van der Waals surface area contributed by atoms with E-state index in [1.54, 1.807) is 19.2 Å². The van der Waals surface area contributed by atoms with Gasteiger partial charge in [-0.3, -0.25) is 9.69 Å². The number of methoxy groups -OCH3 is 1. The average molecular weight is 441 g/mol. The molecule has 1 amide bonds. The zero-order chi connectivity index (χ0) is 23.3. The third kappa shape index (κ3) is 6.32. The zero-order valence-electron chi connectivity index (χ0n) is 20.1. The fourth-order valence-electron chi connectivity index (χ4n) is 4.76. The Labute approximate surface area is 192 Å². The fourth-order valence-corrected chi connectivity index (χ4v) is 4.76. The first kappa shape index (κ1) is 24.2. The summed E-state index contributed by atoms with van der Waals surface area (Å²) in [6.07, 6.45) is 0. The molecule has 1 saturated heterocycles. The Morgan fingerprint density at radius 2 is 1.88 bits per heavy atom. The summed E-state index contributed by atoms with van der Waals surface area (Å²) in [4.78, 5) is 17.4. The molecule has 2 aromatic carbocycles. The van der Waals surface area contributed by atoms with Crippen molar-refractivity contribution in [2.75, 3.05) is 33.3 Å². The molecule has 0 radical (unpaired) electrons. The molecule has 174 valence electrons. The van der Waals surface area contributed by atoms with Crippen LogP contribution in [-0.2, 0) is 11.3 Å². The van der Waals surface area contributed by atoms with E-state index in [0.29, 0.717) is 18.4 Å². The van der Waals surface area contributed by atoms with Gasteiger partial charge in [0.2, 0.25) is 5.91 Å². The van der Waals surface area contributed by atoms with Crippen LogP contribution in [0.3, 0.4) is 0 Å². The lowest BCUT2D eigenvalue weighted by molar-refractivity contribution is -0.135. The van der Waals surface area contributed by atoms with E-state index in [0.717, 1.165) is 37.5 Å². The Morgan fingerprint density at radius 3 is 2.53 bits per heavy atom. The molecule has 0 unspecified atom stereocenters. The predicted octanol–water partition coefficient (Wildman–Crippen LogP) is 5.19. The van der Waals surface area contributed by atoms with Crippen LogP contribution in [0.1, 0.15) is 44.7 Å². The van der Waals surface area contributed by atoms with Crippen molar-refractivity contribution in [2.45, 2.75) is 40.2 Å². The summed E-state index contributed by atoms with van der Waals surface area (Å²) in [7, 11) is 1.69. The molecule has 2 atom stereocenters. The molecule has 32 heavy (non-hydrogen) atoms. The smallest absolute Gasteiger partial charge is 0.225 e. The van der Waals surface area contributed by atoms with Gasteiger partial charge in [0.05, 0.1) is 7.11 Å². The number of carbonyl (C=O) groups is 1. The second kappa shape index (κ2) is 11.0. The molecular formula is C27H37FN2O2. The minimum atomic E-state index is -0.201. The van der Waals surface area contributed by atoms with Crippen molar-refractivity contribution in [3.63, 3.8) is 0 Å². The van der Waals surface area contributed by atoms with Crippen LogP contribution in [0.5, 0.6) is 5.75 Å². The number of halogens is 1. The van der Waals surface area contributed by atoms with Crippen LogP contribution in [0, 0.1) is 23.6 Å². The van der Waals surface area contributed by atoms with Gasteiger partial charge in [-0.2, -0.15) is 0 Å². The maximum Gasteiger partial charge on any atom is 0.225 e. The summed E-state index contributed by atoms with van der Waals surface area (Å²) < 4.78 is 19.2. The lowest BCUT2D eigenvalue weighted by Gasteiger charge is -2.31. The Balaban J connectivity index is 1.85. The summed E-state index contributed by atoms with van der Waals surface area (Å²) in [6.45, 7) is 12.2. The standard InChI is InChI=1S/C27H37FN2O2/c1-19(2)14-30(27(31)20(3)4)17-23-16-29(15-21-8-6-10-24(28)12-21)18-26(23)22-9-7-11-25(13-22)32-5/h6-13,19-20,23,26H,14-18H2,1-5H3/t23-,26+/m1/s1. The molecule has 2 aromatic rings. The number of likely N-dealkylation sites (tertiary alicyclic amines) is 1. The quantitative estimate of drug-likeness (QED) is 0.538. The van der Waals surface area contributed by atoms with Gasteiger partial charge in [-0.15, -0.1) is 0 Å². The van der Waals surface area contributed by atoms with Gasteiger partial charge in [0, 0.05) is 44.6 Å². The minimum Gasteiger partial charge on any atom is -0.497 e. The largest absolute Gasteiger partial charge is 0.497 e. The average Bonchev–Trinajstić information content (AvgIpc) is 3.14. The van der Waals surface area contributed by atoms with E-state index >= 15 is 0 Å². The predicted molar refractivity (Wildman–Crippen MR) is 127 cm³/mol. The monoisotopic (exact) mass is 440 g/mol. The molecule has 1 aliphatic heterocycles. The minimum absolute atomic E-state index is 0.0196. The van der Waals surface area contributed by atoms with Gasteiger partial charge in [-0.25, -0.2) is 4.39 Å². The Kier molecular flexibility index (Phi) is 8.30. The van der Waals surface area contributed by atoms with Crippen LogP contribution in [0.4, 0.5) is 4.39 Å². The lowest BCUT2D eigenvalue weighted by Crippen LogP contribution is -2.41. The van der Waals surface area contributed by atoms with Crippen molar-refractivity contribution in [2.24, 2.45) is 17.8 Å². The molecule has 0 aromatic heterocycles. The fraction of sp³-hybridized carbons (Fsp3) is 0.519. The maximum atomic E-state index is 13.7. The van der Waals surface area contributed by atoms with Crippen molar-refractivity contribution in [1.29, 1.82) is 0 Å². The molecule has 4 nitrogen and oxygen atoms in total. The third-order valence-corrected chi connectivity index (χ3v) is 6.18. The van der Waals surface area contributed by atoms with Crippen LogP contribution in [0.2, 0.25) is 0 Å². The normalized spacial score (nSPS) is 19.0. The second-order valence-corrected chi connectivity index (χ2v) is 9.76. The number of rotatable bonds is 9. The summed E-state index contributed by atoms with van der Waals surface area (Å²) in [5, 5.41) is 0. The number of carbonyl (C=O) groups excluding carboxylic acids is 1. The van der Waals surface area contributed by atoms with Gasteiger partial charge < -0.3 is 9.64 Å². The highest BCUT2D eigenvalue weighted by molar-refractivity contribution is 5.78. The molecule has 0 bridgehead atoms. The van der Waals surface area contributed by atoms with Crippen LogP contribution < -0.4 is 4.74 Å². The third-order valence-electron chi connectivity index (χ3n) is 6.18. The van der Waals surface area contributed by atoms with Crippen LogP contribution >= 0.6 is 0 Å². The van der Waals surface area contributed by atoms with E-state index in [4.69, 9.17) is 4.74 Å². The molecule has 1 aliphatic rings. The topological polar surface area (TPSA) is 32.8 Å². The number of ether oxygens (including phenoxy) is 1. The van der Waals surface area contributed by atoms with E-state index < -0.39 is 0 Å². The highest BCUT2D eigenvalue weighted by atomic mass is 19.1. The van der Waals surface area contributed by atoms with Crippen molar-refractivity contribution >= 4 is 5.91 Å². The molecule has 0 spiro atoms. The van der Waals surface area contributed by atoms with Gasteiger partial charge in [-0.05, 0) is 47.2 Å². The molecular weight excluding hydrogens is 403 g/mol. The number of hydrogen-bond acceptors (Lipinski definition) is 3. The molecule has 3 rings (SSSR count). The Hall–Kier alpha value is -2.40. The molecule has 0 aliphatic carbocycles. The summed E-state index contributed by atoms with van der Waals surface area (Å²) in [5.74, 6) is 1.85. The van der Waals surface area contributed by atoms with Crippen molar-refractivity contribution in [3.8, 4) is 5.75 Å². The van der Waals surface area contributed by atoms with Crippen LogP contribution in [0.15, 0.2) is 48.5 Å². The first-order chi connectivity index (χ1) is 15.3. The van der Waals surface area contributed by atoms with Gasteiger partial charge in [0.1, 0.15) is 11.6 Å². The van der Waals surface area contributed by atoms with E-state index in [1.807, 2.05) is 32.0 Å². The molecule has 5 heteroatoms.